The Kier molecular flexibility index (Phi) is 9.81. The molecule has 2 aliphatic carbocycles. The normalized spacial score (nSPS) is 24.9. The number of sulfonamides is 1. The topological polar surface area (TPSA) is 130 Å². The van der Waals surface area contributed by atoms with E-state index in [0.717, 1.165) is 63.0 Å². The number of unbranched alkanes of at least 4 members (excludes halogenated alkanes) is 4. The minimum atomic E-state index is -3.91. The molecule has 4 N–H and O–H groups in total. The summed E-state index contributed by atoms with van der Waals surface area (Å²) >= 11 is 0. The number of carboxylic acid groups (broad SMARTS) is 1. The zero-order chi connectivity index (χ0) is 26.0. The number of aliphatic carboxylic acids is 1. The van der Waals surface area contributed by atoms with E-state index in [-0.39, 0.29) is 41.7 Å². The molecule has 10 heteroatoms. The molecule has 2 fully saturated rings. The Morgan fingerprint density at radius 3 is 2.62 bits per heavy atom. The molecule has 0 aromatic carbocycles. The van der Waals surface area contributed by atoms with Crippen molar-refractivity contribution in [2.45, 2.75) is 96.9 Å². The average Bonchev–Trinajstić information content (AvgIpc) is 3.16. The summed E-state index contributed by atoms with van der Waals surface area (Å²) in [5, 5.41) is 11.9. The molecule has 37 heavy (non-hydrogen) atoms. The Labute approximate surface area is 227 Å². The van der Waals surface area contributed by atoms with Gasteiger partial charge in [-0.25, -0.2) is 18.1 Å². The van der Waals surface area contributed by atoms with Gasteiger partial charge in [0.05, 0.1) is 12.3 Å². The number of halogens is 1. The molecular formula is C27H42ClN3O5S. The van der Waals surface area contributed by atoms with Crippen LogP contribution in [-0.4, -0.2) is 48.6 Å². The van der Waals surface area contributed by atoms with E-state index in [0.29, 0.717) is 19.3 Å². The van der Waals surface area contributed by atoms with Crippen molar-refractivity contribution >= 4 is 27.6 Å². The van der Waals surface area contributed by atoms with Crippen LogP contribution in [0.25, 0.3) is 0 Å². The number of fused-ring (bicyclic) bond motifs is 3. The van der Waals surface area contributed by atoms with Crippen molar-refractivity contribution in [1.82, 2.24) is 9.71 Å². The number of nitrogens with zero attached hydrogens (tertiary/aromatic N) is 1. The fourth-order valence-corrected chi connectivity index (χ4v) is 8.77. The number of pyridine rings is 1. The molecular weight excluding hydrogens is 514 g/mol. The van der Waals surface area contributed by atoms with Crippen LogP contribution in [0, 0.1) is 16.7 Å². The van der Waals surface area contributed by atoms with Crippen LogP contribution in [0.4, 0.5) is 5.82 Å². The number of Topliss-reactive ketones (excluding diaryl/α,β-unsaturated/α-hetero) is 1. The first-order chi connectivity index (χ1) is 17.0. The summed E-state index contributed by atoms with van der Waals surface area (Å²) in [5.74, 6) is -0.0796. The maximum atomic E-state index is 13.0. The van der Waals surface area contributed by atoms with E-state index >= 15 is 0 Å². The lowest BCUT2D eigenvalue weighted by atomic mass is 9.70. The summed E-state index contributed by atoms with van der Waals surface area (Å²) in [7, 11) is -3.91. The van der Waals surface area contributed by atoms with Gasteiger partial charge in [0, 0.05) is 29.5 Å². The van der Waals surface area contributed by atoms with Crippen molar-refractivity contribution in [3.63, 3.8) is 0 Å². The predicted octanol–water partition coefficient (Wildman–Crippen LogP) is -0.122. The Morgan fingerprint density at radius 2 is 1.95 bits per heavy atom. The van der Waals surface area contributed by atoms with Gasteiger partial charge in [0.15, 0.2) is 0 Å². The molecule has 3 aliphatic rings. The average molecular weight is 556 g/mol. The van der Waals surface area contributed by atoms with Gasteiger partial charge < -0.3 is 17.5 Å². The van der Waals surface area contributed by atoms with Gasteiger partial charge >= 0.3 is 5.97 Å². The Hall–Kier alpha value is -1.55. The molecule has 1 unspecified atom stereocenters. The molecule has 4 rings (SSSR count). The van der Waals surface area contributed by atoms with Gasteiger partial charge in [-0.3, -0.25) is 14.9 Å². The summed E-state index contributed by atoms with van der Waals surface area (Å²) in [6, 6.07) is 3.18. The number of quaternary nitrogens is 1. The third-order valence-corrected chi connectivity index (χ3v) is 10.7. The predicted molar refractivity (Wildman–Crippen MR) is 137 cm³/mol. The summed E-state index contributed by atoms with van der Waals surface area (Å²) < 4.78 is 28.4. The second-order valence-electron chi connectivity index (χ2n) is 11.7. The first kappa shape index (κ1) is 30.0. The minimum absolute atomic E-state index is 0. The zero-order valence-corrected chi connectivity index (χ0v) is 23.7. The highest BCUT2D eigenvalue weighted by Crippen LogP contribution is 2.64. The van der Waals surface area contributed by atoms with E-state index in [1.165, 1.54) is 12.0 Å². The molecule has 0 amide bonds. The van der Waals surface area contributed by atoms with E-state index in [1.807, 2.05) is 13.8 Å². The number of ketones is 1. The number of carbonyl (C=O) groups is 2. The molecule has 2 heterocycles. The second-order valence-corrected chi connectivity index (χ2v) is 13.4. The molecule has 1 aliphatic heterocycles. The highest BCUT2D eigenvalue weighted by atomic mass is 35.5. The summed E-state index contributed by atoms with van der Waals surface area (Å²) in [5.41, 5.74) is 1.21. The molecule has 8 nitrogen and oxygen atoms in total. The summed E-state index contributed by atoms with van der Waals surface area (Å²) in [6.07, 6.45) is 9.92. The van der Waals surface area contributed by atoms with Crippen LogP contribution in [0.1, 0.15) is 89.3 Å². The Morgan fingerprint density at radius 1 is 1.22 bits per heavy atom. The fourth-order valence-electron chi connectivity index (χ4n) is 6.71. The first-order valence-corrected chi connectivity index (χ1v) is 15.3. The highest BCUT2D eigenvalue weighted by molar-refractivity contribution is 7.89. The van der Waals surface area contributed by atoms with Gasteiger partial charge in [-0.2, -0.15) is 0 Å². The number of hydrogen-bond acceptors (Lipinski definition) is 5. The molecule has 1 aromatic rings. The van der Waals surface area contributed by atoms with Crippen LogP contribution >= 0.6 is 0 Å². The number of aryl methyl sites for hydroxylation is 2. The highest BCUT2D eigenvalue weighted by Gasteiger charge is 2.65. The third kappa shape index (κ3) is 6.54. The summed E-state index contributed by atoms with van der Waals surface area (Å²) in [6.45, 7) is 5.08. The number of carboxylic acids is 1. The van der Waals surface area contributed by atoms with Crippen molar-refractivity contribution in [3.8, 4) is 0 Å². The van der Waals surface area contributed by atoms with Crippen LogP contribution in [0.3, 0.4) is 0 Å². The lowest BCUT2D eigenvalue weighted by Gasteiger charge is -2.36. The molecule has 0 spiro atoms. The van der Waals surface area contributed by atoms with E-state index < -0.39 is 27.4 Å². The maximum absolute atomic E-state index is 13.0. The number of hydrogen-bond donors (Lipinski definition) is 3. The van der Waals surface area contributed by atoms with Crippen molar-refractivity contribution in [2.24, 2.45) is 16.7 Å². The molecule has 2 saturated carbocycles. The molecule has 1 aromatic heterocycles. The lowest BCUT2D eigenvalue weighted by molar-refractivity contribution is -0.579. The molecule has 0 saturated heterocycles. The van der Waals surface area contributed by atoms with Crippen molar-refractivity contribution in [1.29, 1.82) is 0 Å². The second kappa shape index (κ2) is 12.1. The smallest absolute Gasteiger partial charge is 0.321 e. The maximum Gasteiger partial charge on any atom is 0.321 e. The minimum Gasteiger partial charge on any atom is -1.00 e. The van der Waals surface area contributed by atoms with Gasteiger partial charge in [0.25, 0.3) is 0 Å². The van der Waals surface area contributed by atoms with Gasteiger partial charge in [-0.05, 0) is 62.0 Å². The van der Waals surface area contributed by atoms with Gasteiger partial charge in [0.1, 0.15) is 11.8 Å². The van der Waals surface area contributed by atoms with E-state index in [1.54, 1.807) is 0 Å². The van der Waals surface area contributed by atoms with Crippen molar-refractivity contribution < 1.29 is 40.8 Å². The van der Waals surface area contributed by atoms with Gasteiger partial charge in [-0.15, -0.1) is 0 Å². The molecule has 0 radical (unpaired) electrons. The zero-order valence-electron chi connectivity index (χ0n) is 22.1. The van der Waals surface area contributed by atoms with E-state index in [4.69, 9.17) is 4.98 Å². The van der Waals surface area contributed by atoms with E-state index in [2.05, 4.69) is 22.2 Å². The number of nitrogens with two attached hydrogens (primary N) is 1. The number of rotatable bonds is 13. The Balaban J connectivity index is 0.00000380. The summed E-state index contributed by atoms with van der Waals surface area (Å²) in [4.78, 5) is 29.3. The van der Waals surface area contributed by atoms with Crippen molar-refractivity contribution in [2.75, 3.05) is 12.3 Å². The van der Waals surface area contributed by atoms with Gasteiger partial charge in [-0.1, -0.05) is 39.5 Å². The van der Waals surface area contributed by atoms with Crippen LogP contribution in [0.15, 0.2) is 12.1 Å². The Bertz CT molecular complexity index is 1090. The molecule has 3 atom stereocenters. The van der Waals surface area contributed by atoms with Crippen LogP contribution in [0.2, 0.25) is 0 Å². The van der Waals surface area contributed by atoms with Crippen molar-refractivity contribution in [3.05, 3.63) is 23.4 Å². The first-order valence-electron chi connectivity index (χ1n) is 13.6. The quantitative estimate of drug-likeness (QED) is 0.291. The fraction of sp³-hybridized carbons (Fsp3) is 0.741. The van der Waals surface area contributed by atoms with E-state index in [9.17, 15) is 23.1 Å². The largest absolute Gasteiger partial charge is 1.00 e. The van der Waals surface area contributed by atoms with Crippen LogP contribution in [0.5, 0.6) is 0 Å². The SMILES string of the molecule is CC1(C)[C@@H]2CCC1(CS(=O)(=O)N[C@@H](CCCCCCCc1ccc3c(n1)[NH2+]CCC3)C(=O)O)C(=O)C2.[Cl-]. The number of aromatic nitrogens is 1. The number of carbonyl (C=O) groups excluding carboxylic acids is 1. The lowest BCUT2D eigenvalue weighted by Crippen LogP contribution is -3.00. The number of nitrogens with one attached hydrogen (secondary N) is 1. The third-order valence-electron chi connectivity index (χ3n) is 9.18. The van der Waals surface area contributed by atoms with Crippen LogP contribution < -0.4 is 22.4 Å². The molecule has 2 bridgehead atoms. The molecule has 208 valence electrons. The standard InChI is InChI=1S/C27H41N3O5S.ClH/c1-26(2)20-14-15-27(26,23(31)17-20)18-36(34,35)30-22(25(32)33)11-7-5-3-4-6-10-21-13-12-19-9-8-16-28-24(19)29-21;/h12-13,20,22,30H,3-11,14-18H2,1-2H3,(H,28,29)(H,32,33);1H/t20-,22+,27?;/m1./s1. The monoisotopic (exact) mass is 555 g/mol. The van der Waals surface area contributed by atoms with Crippen LogP contribution in [-0.2, 0) is 32.5 Å². The van der Waals surface area contributed by atoms with Gasteiger partial charge in [0.2, 0.25) is 15.8 Å².